The van der Waals surface area contributed by atoms with E-state index in [1.165, 1.54) is 0 Å². The topological polar surface area (TPSA) is 81.1 Å². The summed E-state index contributed by atoms with van der Waals surface area (Å²) in [5, 5.41) is 3.10. The van der Waals surface area contributed by atoms with Gasteiger partial charge in [0.2, 0.25) is 5.91 Å². The molecule has 0 heterocycles. The molecule has 0 saturated heterocycles. The third-order valence-corrected chi connectivity index (χ3v) is 1.51. The molecule has 1 amide bonds. The van der Waals surface area contributed by atoms with Crippen LogP contribution in [0.4, 0.5) is 0 Å². The van der Waals surface area contributed by atoms with Crippen LogP contribution in [0.1, 0.15) is 12.8 Å². The largest absolute Gasteiger partial charge is 0.370 e. The Labute approximate surface area is 73.0 Å². The summed E-state index contributed by atoms with van der Waals surface area (Å²) in [6.45, 7) is 4.80. The van der Waals surface area contributed by atoms with Crippen molar-refractivity contribution in [2.75, 3.05) is 13.1 Å². The van der Waals surface area contributed by atoms with Gasteiger partial charge in [-0.1, -0.05) is 6.08 Å². The minimum Gasteiger partial charge on any atom is -0.370 e. The molecule has 1 atom stereocenters. The molecule has 0 aromatic carbocycles. The van der Waals surface area contributed by atoms with Crippen molar-refractivity contribution in [3.8, 4) is 0 Å². The molecule has 1 unspecified atom stereocenters. The number of nitrogens with two attached hydrogens (primary N) is 2. The lowest BCUT2D eigenvalue weighted by Crippen LogP contribution is -2.39. The van der Waals surface area contributed by atoms with Gasteiger partial charge in [-0.25, -0.2) is 0 Å². The Morgan fingerprint density at radius 2 is 2.33 bits per heavy atom. The van der Waals surface area contributed by atoms with E-state index >= 15 is 0 Å². The number of primary amides is 1. The molecule has 0 rings (SSSR count). The average Bonchev–Trinajstić information content (AvgIpc) is 2.02. The first-order valence-corrected chi connectivity index (χ1v) is 4.03. The van der Waals surface area contributed by atoms with Crippen LogP contribution in [-0.4, -0.2) is 25.0 Å². The van der Waals surface area contributed by atoms with Crippen LogP contribution in [0.5, 0.6) is 0 Å². The smallest absolute Gasteiger partial charge is 0.219 e. The average molecular weight is 171 g/mol. The third-order valence-electron chi connectivity index (χ3n) is 1.51. The van der Waals surface area contributed by atoms with Crippen LogP contribution in [-0.2, 0) is 4.79 Å². The summed E-state index contributed by atoms with van der Waals surface area (Å²) in [6.07, 6.45) is 2.98. The van der Waals surface area contributed by atoms with E-state index in [-0.39, 0.29) is 11.9 Å². The maximum atomic E-state index is 10.5. The van der Waals surface area contributed by atoms with Crippen LogP contribution < -0.4 is 16.8 Å². The van der Waals surface area contributed by atoms with E-state index in [0.717, 1.165) is 13.0 Å². The van der Waals surface area contributed by atoms with Gasteiger partial charge in [0.05, 0.1) is 0 Å². The summed E-state index contributed by atoms with van der Waals surface area (Å²) >= 11 is 0. The van der Waals surface area contributed by atoms with E-state index in [1.54, 1.807) is 0 Å². The monoisotopic (exact) mass is 171 g/mol. The maximum Gasteiger partial charge on any atom is 0.219 e. The number of amides is 1. The molecule has 0 aliphatic heterocycles. The Kier molecular flexibility index (Phi) is 6.32. The van der Waals surface area contributed by atoms with Gasteiger partial charge in [0.1, 0.15) is 0 Å². The minimum absolute atomic E-state index is 0.00227. The van der Waals surface area contributed by atoms with Crippen LogP contribution in [0.2, 0.25) is 0 Å². The molecular formula is C8H17N3O. The van der Waals surface area contributed by atoms with Gasteiger partial charge >= 0.3 is 0 Å². The van der Waals surface area contributed by atoms with Gasteiger partial charge in [0, 0.05) is 19.0 Å². The SMILES string of the molecule is C=CCCNC(CN)CC(N)=O. The molecule has 0 bridgehead atoms. The summed E-state index contributed by atoms with van der Waals surface area (Å²) in [6, 6.07) is 0.00227. The Balaban J connectivity index is 3.52. The summed E-state index contributed by atoms with van der Waals surface area (Å²) in [5.41, 5.74) is 10.4. The Hall–Kier alpha value is -0.870. The van der Waals surface area contributed by atoms with E-state index in [2.05, 4.69) is 11.9 Å². The highest BCUT2D eigenvalue weighted by Crippen LogP contribution is 1.88. The predicted octanol–water partition coefficient (Wildman–Crippen LogP) is -0.645. The van der Waals surface area contributed by atoms with Gasteiger partial charge in [-0.15, -0.1) is 6.58 Å². The minimum atomic E-state index is -0.323. The fourth-order valence-electron chi connectivity index (χ4n) is 0.871. The summed E-state index contributed by atoms with van der Waals surface area (Å²) in [5.74, 6) is -0.323. The number of hydrogen-bond acceptors (Lipinski definition) is 3. The lowest BCUT2D eigenvalue weighted by Gasteiger charge is -2.13. The molecule has 4 nitrogen and oxygen atoms in total. The van der Waals surface area contributed by atoms with E-state index < -0.39 is 0 Å². The van der Waals surface area contributed by atoms with Crippen LogP contribution >= 0.6 is 0 Å². The number of carbonyl (C=O) groups excluding carboxylic acids is 1. The summed E-state index contributed by atoms with van der Waals surface area (Å²) < 4.78 is 0. The first-order chi connectivity index (χ1) is 5.70. The van der Waals surface area contributed by atoms with Crippen LogP contribution in [0.25, 0.3) is 0 Å². The summed E-state index contributed by atoms with van der Waals surface area (Å²) in [7, 11) is 0. The first-order valence-electron chi connectivity index (χ1n) is 4.03. The van der Waals surface area contributed by atoms with Crippen LogP contribution in [0.3, 0.4) is 0 Å². The lowest BCUT2D eigenvalue weighted by atomic mass is 10.2. The highest BCUT2D eigenvalue weighted by molar-refractivity contribution is 5.74. The van der Waals surface area contributed by atoms with Gasteiger partial charge in [0.15, 0.2) is 0 Å². The normalized spacial score (nSPS) is 12.4. The zero-order valence-electron chi connectivity index (χ0n) is 7.25. The Bertz CT molecular complexity index is 147. The standard InChI is InChI=1S/C8H17N3O/c1-2-3-4-11-7(6-9)5-8(10)12/h2,7,11H,1,3-6,9H2,(H2,10,12). The first kappa shape index (κ1) is 11.1. The molecule has 0 aromatic rings. The predicted molar refractivity (Wildman–Crippen MR) is 49.5 cm³/mol. The molecule has 0 aliphatic rings. The maximum absolute atomic E-state index is 10.5. The van der Waals surface area contributed by atoms with Crippen molar-refractivity contribution in [1.82, 2.24) is 5.32 Å². The second kappa shape index (κ2) is 6.82. The molecule has 70 valence electrons. The second-order valence-corrected chi connectivity index (χ2v) is 2.63. The molecule has 0 saturated carbocycles. The highest BCUT2D eigenvalue weighted by atomic mass is 16.1. The summed E-state index contributed by atoms with van der Waals surface area (Å²) in [4.78, 5) is 10.5. The Morgan fingerprint density at radius 1 is 1.67 bits per heavy atom. The molecular weight excluding hydrogens is 154 g/mol. The Morgan fingerprint density at radius 3 is 2.75 bits per heavy atom. The second-order valence-electron chi connectivity index (χ2n) is 2.63. The van der Waals surface area contributed by atoms with Gasteiger partial charge in [-0.3, -0.25) is 4.79 Å². The number of rotatable bonds is 7. The molecule has 0 fully saturated rings. The van der Waals surface area contributed by atoms with Gasteiger partial charge < -0.3 is 16.8 Å². The van der Waals surface area contributed by atoms with E-state index in [1.807, 2.05) is 6.08 Å². The van der Waals surface area contributed by atoms with Crippen molar-refractivity contribution in [3.05, 3.63) is 12.7 Å². The van der Waals surface area contributed by atoms with Crippen molar-refractivity contribution in [3.63, 3.8) is 0 Å². The van der Waals surface area contributed by atoms with Gasteiger partial charge in [0.25, 0.3) is 0 Å². The molecule has 5 N–H and O–H groups in total. The number of hydrogen-bond donors (Lipinski definition) is 3. The van der Waals surface area contributed by atoms with E-state index in [4.69, 9.17) is 11.5 Å². The van der Waals surface area contributed by atoms with Gasteiger partial charge in [-0.2, -0.15) is 0 Å². The zero-order valence-corrected chi connectivity index (χ0v) is 7.25. The lowest BCUT2D eigenvalue weighted by molar-refractivity contribution is -0.118. The molecule has 4 heteroatoms. The van der Waals surface area contributed by atoms with Crippen molar-refractivity contribution in [2.45, 2.75) is 18.9 Å². The van der Waals surface area contributed by atoms with E-state index in [9.17, 15) is 4.79 Å². The van der Waals surface area contributed by atoms with Crippen molar-refractivity contribution >= 4 is 5.91 Å². The van der Waals surface area contributed by atoms with Crippen molar-refractivity contribution in [1.29, 1.82) is 0 Å². The molecule has 0 aliphatic carbocycles. The fourth-order valence-corrected chi connectivity index (χ4v) is 0.871. The van der Waals surface area contributed by atoms with Crippen molar-refractivity contribution in [2.24, 2.45) is 11.5 Å². The fraction of sp³-hybridized carbons (Fsp3) is 0.625. The molecule has 12 heavy (non-hydrogen) atoms. The van der Waals surface area contributed by atoms with Crippen molar-refractivity contribution < 1.29 is 4.79 Å². The van der Waals surface area contributed by atoms with Gasteiger partial charge in [-0.05, 0) is 13.0 Å². The highest BCUT2D eigenvalue weighted by Gasteiger charge is 2.07. The zero-order chi connectivity index (χ0) is 9.40. The van der Waals surface area contributed by atoms with Crippen LogP contribution in [0, 0.1) is 0 Å². The van der Waals surface area contributed by atoms with E-state index in [0.29, 0.717) is 13.0 Å². The molecule has 0 spiro atoms. The molecule has 0 radical (unpaired) electrons. The number of carbonyl (C=O) groups is 1. The number of nitrogens with one attached hydrogen (secondary N) is 1. The quantitative estimate of drug-likeness (QED) is 0.352. The molecule has 0 aromatic heterocycles. The van der Waals surface area contributed by atoms with Crippen LogP contribution in [0.15, 0.2) is 12.7 Å². The third kappa shape index (κ3) is 5.88.